The van der Waals surface area contributed by atoms with Gasteiger partial charge in [-0.2, -0.15) is 0 Å². The molecule has 0 radical (unpaired) electrons. The molecule has 0 saturated carbocycles. The average molecular weight is 290 g/mol. The van der Waals surface area contributed by atoms with Crippen LogP contribution in [0.2, 0.25) is 0 Å². The van der Waals surface area contributed by atoms with Crippen LogP contribution in [-0.4, -0.2) is 33.8 Å². The summed E-state index contributed by atoms with van der Waals surface area (Å²) in [6.07, 6.45) is 1.73. The van der Waals surface area contributed by atoms with Gasteiger partial charge < -0.3 is 15.5 Å². The van der Waals surface area contributed by atoms with Gasteiger partial charge in [0.1, 0.15) is 11.6 Å². The van der Waals surface area contributed by atoms with Crippen LogP contribution in [0.3, 0.4) is 0 Å². The molecule has 0 aliphatic carbocycles. The van der Waals surface area contributed by atoms with E-state index in [4.69, 9.17) is 0 Å². The zero-order valence-electron chi connectivity index (χ0n) is 11.2. The Labute approximate surface area is 121 Å². The molecule has 5 nitrogen and oxygen atoms in total. The molecule has 1 heterocycles. The summed E-state index contributed by atoms with van der Waals surface area (Å²) >= 11 is 0. The average Bonchev–Trinajstić information content (AvgIpc) is 2.49. The predicted octanol–water partition coefficient (Wildman–Crippen LogP) is 1.26. The van der Waals surface area contributed by atoms with E-state index in [0.29, 0.717) is 6.42 Å². The summed E-state index contributed by atoms with van der Waals surface area (Å²) in [5, 5.41) is 21.5. The fourth-order valence-electron chi connectivity index (χ4n) is 1.89. The van der Waals surface area contributed by atoms with Crippen molar-refractivity contribution in [2.75, 3.05) is 6.61 Å². The Bertz CT molecular complexity index is 617. The van der Waals surface area contributed by atoms with E-state index in [0.717, 1.165) is 5.56 Å². The minimum absolute atomic E-state index is 0.102. The molecule has 2 rings (SSSR count). The number of carbonyl (C=O) groups is 1. The molecule has 2 aromatic rings. The molecule has 1 aromatic carbocycles. The molecule has 0 spiro atoms. The molecule has 0 fully saturated rings. The Hall–Kier alpha value is -2.47. The molecule has 0 aliphatic rings. The van der Waals surface area contributed by atoms with Crippen LogP contribution in [-0.2, 0) is 6.42 Å². The summed E-state index contributed by atoms with van der Waals surface area (Å²) in [7, 11) is 0. The smallest absolute Gasteiger partial charge is 0.274 e. The molecular weight excluding hydrogens is 275 g/mol. The molecule has 0 unspecified atom stereocenters. The van der Waals surface area contributed by atoms with E-state index in [1.807, 2.05) is 0 Å². The number of nitrogens with one attached hydrogen (secondary N) is 1. The highest BCUT2D eigenvalue weighted by molar-refractivity contribution is 5.94. The first-order valence-corrected chi connectivity index (χ1v) is 6.40. The lowest BCUT2D eigenvalue weighted by molar-refractivity contribution is 0.0908. The lowest BCUT2D eigenvalue weighted by Crippen LogP contribution is -2.39. The molecule has 6 heteroatoms. The van der Waals surface area contributed by atoms with Crippen molar-refractivity contribution in [2.24, 2.45) is 0 Å². The summed E-state index contributed by atoms with van der Waals surface area (Å²) in [6.45, 7) is -0.281. The van der Waals surface area contributed by atoms with E-state index in [-0.39, 0.29) is 23.9 Å². The number of aliphatic hydroxyl groups excluding tert-OH is 1. The summed E-state index contributed by atoms with van der Waals surface area (Å²) in [5.74, 6) is -1.15. The molecular formula is C15H15FN2O3. The van der Waals surface area contributed by atoms with Crippen LogP contribution in [0.4, 0.5) is 4.39 Å². The molecule has 0 bridgehead atoms. The standard InChI is InChI=1S/C15H15FN2O3/c16-11-5-3-10(4-6-11)8-12(9-19)18-15(21)14-13(20)2-1-7-17-14/h1-7,12,19-20H,8-9H2,(H,18,21)/t12-/m0/s1. The third-order valence-electron chi connectivity index (χ3n) is 2.95. The van der Waals surface area contributed by atoms with Gasteiger partial charge in [0.25, 0.3) is 5.91 Å². The van der Waals surface area contributed by atoms with Gasteiger partial charge in [0.2, 0.25) is 0 Å². The van der Waals surface area contributed by atoms with Crippen molar-refractivity contribution in [3.05, 3.63) is 59.7 Å². The topological polar surface area (TPSA) is 82.5 Å². The fourth-order valence-corrected chi connectivity index (χ4v) is 1.89. The number of halogens is 1. The van der Waals surface area contributed by atoms with Gasteiger partial charge in [0.15, 0.2) is 5.69 Å². The van der Waals surface area contributed by atoms with Crippen molar-refractivity contribution in [1.82, 2.24) is 10.3 Å². The van der Waals surface area contributed by atoms with Gasteiger partial charge >= 0.3 is 0 Å². The van der Waals surface area contributed by atoms with E-state index < -0.39 is 11.9 Å². The monoisotopic (exact) mass is 290 g/mol. The molecule has 1 atom stereocenters. The highest BCUT2D eigenvalue weighted by atomic mass is 19.1. The van der Waals surface area contributed by atoms with Crippen LogP contribution in [0.15, 0.2) is 42.6 Å². The Morgan fingerprint density at radius 2 is 2.00 bits per heavy atom. The highest BCUT2D eigenvalue weighted by Crippen LogP contribution is 2.13. The van der Waals surface area contributed by atoms with Crippen molar-refractivity contribution in [3.63, 3.8) is 0 Å². The van der Waals surface area contributed by atoms with Crippen LogP contribution in [0.5, 0.6) is 5.75 Å². The Balaban J connectivity index is 2.04. The summed E-state index contributed by atoms with van der Waals surface area (Å²) in [4.78, 5) is 15.8. The van der Waals surface area contributed by atoms with Crippen molar-refractivity contribution in [3.8, 4) is 5.75 Å². The van der Waals surface area contributed by atoms with Gasteiger partial charge in [-0.1, -0.05) is 12.1 Å². The number of rotatable bonds is 5. The molecule has 1 amide bonds. The number of pyridine rings is 1. The van der Waals surface area contributed by atoms with Crippen molar-refractivity contribution in [1.29, 1.82) is 0 Å². The number of hydrogen-bond donors (Lipinski definition) is 3. The maximum absolute atomic E-state index is 12.8. The van der Waals surface area contributed by atoms with Gasteiger partial charge in [0, 0.05) is 6.20 Å². The van der Waals surface area contributed by atoms with E-state index in [1.165, 1.54) is 30.5 Å². The second kappa shape index (κ2) is 6.81. The van der Waals surface area contributed by atoms with E-state index >= 15 is 0 Å². The maximum atomic E-state index is 12.8. The summed E-state index contributed by atoms with van der Waals surface area (Å²) in [5.41, 5.74) is 0.677. The summed E-state index contributed by atoms with van der Waals surface area (Å²) < 4.78 is 12.8. The second-order valence-corrected chi connectivity index (χ2v) is 4.55. The predicted molar refractivity (Wildman–Crippen MR) is 74.3 cm³/mol. The Morgan fingerprint density at radius 3 is 2.62 bits per heavy atom. The maximum Gasteiger partial charge on any atom is 0.274 e. The number of aromatic nitrogens is 1. The van der Waals surface area contributed by atoms with Crippen LogP contribution >= 0.6 is 0 Å². The zero-order chi connectivity index (χ0) is 15.2. The largest absolute Gasteiger partial charge is 0.505 e. The number of aromatic hydroxyl groups is 1. The van der Waals surface area contributed by atoms with E-state index in [9.17, 15) is 19.4 Å². The molecule has 110 valence electrons. The number of nitrogens with zero attached hydrogens (tertiary/aromatic N) is 1. The van der Waals surface area contributed by atoms with Gasteiger partial charge in [-0.15, -0.1) is 0 Å². The highest BCUT2D eigenvalue weighted by Gasteiger charge is 2.17. The summed E-state index contributed by atoms with van der Waals surface area (Å²) in [6, 6.07) is 8.12. The molecule has 3 N–H and O–H groups in total. The molecule has 21 heavy (non-hydrogen) atoms. The molecule has 0 aliphatic heterocycles. The minimum atomic E-state index is -0.575. The first kappa shape index (κ1) is 14.9. The quantitative estimate of drug-likeness (QED) is 0.774. The normalized spacial score (nSPS) is 11.9. The number of amides is 1. The second-order valence-electron chi connectivity index (χ2n) is 4.55. The van der Waals surface area contributed by atoms with Crippen molar-refractivity contribution in [2.45, 2.75) is 12.5 Å². The van der Waals surface area contributed by atoms with Crippen LogP contribution in [0, 0.1) is 5.82 Å². The van der Waals surface area contributed by atoms with E-state index in [1.54, 1.807) is 12.1 Å². The minimum Gasteiger partial charge on any atom is -0.505 e. The SMILES string of the molecule is O=C(N[C@H](CO)Cc1ccc(F)cc1)c1ncccc1O. The molecule has 1 aromatic heterocycles. The van der Waals surface area contributed by atoms with Crippen molar-refractivity contribution >= 4 is 5.91 Å². The first-order valence-electron chi connectivity index (χ1n) is 6.40. The van der Waals surface area contributed by atoms with Crippen LogP contribution in [0.25, 0.3) is 0 Å². The van der Waals surface area contributed by atoms with Gasteiger partial charge in [-0.25, -0.2) is 9.37 Å². The third kappa shape index (κ3) is 4.00. The number of carbonyl (C=O) groups excluding carboxylic acids is 1. The van der Waals surface area contributed by atoms with Gasteiger partial charge in [-0.3, -0.25) is 4.79 Å². The zero-order valence-corrected chi connectivity index (χ0v) is 11.2. The fraction of sp³-hybridized carbons (Fsp3) is 0.200. The van der Waals surface area contributed by atoms with E-state index in [2.05, 4.69) is 10.3 Å². The Morgan fingerprint density at radius 1 is 1.29 bits per heavy atom. The lowest BCUT2D eigenvalue weighted by Gasteiger charge is -2.16. The van der Waals surface area contributed by atoms with Crippen LogP contribution < -0.4 is 5.32 Å². The third-order valence-corrected chi connectivity index (χ3v) is 2.95. The van der Waals surface area contributed by atoms with Crippen molar-refractivity contribution < 1.29 is 19.4 Å². The molecule has 0 saturated heterocycles. The van der Waals surface area contributed by atoms with Gasteiger partial charge in [0.05, 0.1) is 12.6 Å². The Kier molecular flexibility index (Phi) is 4.84. The van der Waals surface area contributed by atoms with Gasteiger partial charge in [-0.05, 0) is 36.2 Å². The first-order chi connectivity index (χ1) is 10.1. The number of benzene rings is 1. The number of hydrogen-bond acceptors (Lipinski definition) is 4. The van der Waals surface area contributed by atoms with Crippen LogP contribution in [0.1, 0.15) is 16.1 Å². The lowest BCUT2D eigenvalue weighted by atomic mass is 10.1. The number of aliphatic hydroxyl groups is 1.